The second kappa shape index (κ2) is 11.0. The van der Waals surface area contributed by atoms with Crippen LogP contribution in [-0.4, -0.2) is 29.1 Å². The van der Waals surface area contributed by atoms with E-state index in [-0.39, 0.29) is 0 Å². The molecular formula is C27H22ClIN2O4. The molecule has 4 rings (SSSR count). The lowest BCUT2D eigenvalue weighted by Crippen LogP contribution is -2.29. The first-order chi connectivity index (χ1) is 16.9. The molecule has 1 aliphatic heterocycles. The highest BCUT2D eigenvalue weighted by molar-refractivity contribution is 14.1. The van der Waals surface area contributed by atoms with Crippen LogP contribution in [0.3, 0.4) is 0 Å². The SMILES string of the molecule is CCOc1cc(/C=C2/C(=O)N(C(=O)c3ccccc3)N=C2C)cc(I)c1OCc1ccc(Cl)cc1. The lowest BCUT2D eigenvalue weighted by Gasteiger charge is -2.15. The molecule has 0 N–H and O–H groups in total. The van der Waals surface area contributed by atoms with Crippen molar-refractivity contribution in [3.05, 3.63) is 97.6 Å². The van der Waals surface area contributed by atoms with Gasteiger partial charge in [-0.25, -0.2) is 0 Å². The van der Waals surface area contributed by atoms with Gasteiger partial charge in [-0.2, -0.15) is 10.1 Å². The number of hydrogen-bond acceptors (Lipinski definition) is 5. The second-order valence-corrected chi connectivity index (χ2v) is 9.31. The number of amides is 2. The molecule has 0 unspecified atom stereocenters. The van der Waals surface area contributed by atoms with Crippen molar-refractivity contribution in [1.82, 2.24) is 5.01 Å². The smallest absolute Gasteiger partial charge is 0.283 e. The molecule has 0 aliphatic carbocycles. The molecule has 35 heavy (non-hydrogen) atoms. The quantitative estimate of drug-likeness (QED) is 0.180. The van der Waals surface area contributed by atoms with Gasteiger partial charge in [0.2, 0.25) is 0 Å². The van der Waals surface area contributed by atoms with E-state index in [9.17, 15) is 9.59 Å². The lowest BCUT2D eigenvalue weighted by atomic mass is 10.1. The fourth-order valence-electron chi connectivity index (χ4n) is 3.50. The third kappa shape index (κ3) is 5.74. The van der Waals surface area contributed by atoms with E-state index in [2.05, 4.69) is 27.7 Å². The van der Waals surface area contributed by atoms with Crippen molar-refractivity contribution in [2.45, 2.75) is 20.5 Å². The molecule has 0 spiro atoms. The van der Waals surface area contributed by atoms with Gasteiger partial charge in [0.15, 0.2) is 11.5 Å². The zero-order valence-electron chi connectivity index (χ0n) is 19.1. The lowest BCUT2D eigenvalue weighted by molar-refractivity contribution is -0.123. The predicted molar refractivity (Wildman–Crippen MR) is 145 cm³/mol. The number of carbonyl (C=O) groups excluding carboxylic acids is 2. The van der Waals surface area contributed by atoms with Crippen molar-refractivity contribution < 1.29 is 19.1 Å². The molecule has 178 valence electrons. The number of halogens is 2. The Morgan fingerprint density at radius 1 is 1.09 bits per heavy atom. The van der Waals surface area contributed by atoms with E-state index in [0.717, 1.165) is 19.7 Å². The molecular weight excluding hydrogens is 579 g/mol. The number of carbonyl (C=O) groups is 2. The van der Waals surface area contributed by atoms with Gasteiger partial charge in [-0.05, 0) is 90.0 Å². The van der Waals surface area contributed by atoms with Gasteiger partial charge in [0.25, 0.3) is 11.8 Å². The monoisotopic (exact) mass is 600 g/mol. The van der Waals surface area contributed by atoms with E-state index in [1.165, 1.54) is 0 Å². The molecule has 6 nitrogen and oxygen atoms in total. The number of nitrogens with zero attached hydrogens (tertiary/aromatic N) is 2. The average molecular weight is 601 g/mol. The Labute approximate surface area is 222 Å². The molecule has 0 saturated carbocycles. The van der Waals surface area contributed by atoms with E-state index >= 15 is 0 Å². The minimum atomic E-state index is -0.465. The van der Waals surface area contributed by atoms with Gasteiger partial charge in [-0.15, -0.1) is 0 Å². The Morgan fingerprint density at radius 2 is 1.80 bits per heavy atom. The Bertz CT molecular complexity index is 1320. The third-order valence-corrected chi connectivity index (χ3v) is 6.27. The minimum absolute atomic E-state index is 0.349. The summed E-state index contributed by atoms with van der Waals surface area (Å²) in [6.07, 6.45) is 1.72. The molecule has 0 saturated heterocycles. The van der Waals surface area contributed by atoms with Crippen LogP contribution in [0.2, 0.25) is 5.02 Å². The van der Waals surface area contributed by atoms with Crippen molar-refractivity contribution in [3.8, 4) is 11.5 Å². The van der Waals surface area contributed by atoms with Gasteiger partial charge in [0.05, 0.1) is 21.5 Å². The fraction of sp³-hybridized carbons (Fsp3) is 0.148. The molecule has 1 heterocycles. The first-order valence-electron chi connectivity index (χ1n) is 10.9. The summed E-state index contributed by atoms with van der Waals surface area (Å²) in [5, 5.41) is 5.78. The molecule has 0 aromatic heterocycles. The van der Waals surface area contributed by atoms with Crippen LogP contribution < -0.4 is 9.47 Å². The van der Waals surface area contributed by atoms with Crippen molar-refractivity contribution >= 4 is 57.8 Å². The van der Waals surface area contributed by atoms with Gasteiger partial charge < -0.3 is 9.47 Å². The maximum atomic E-state index is 13.0. The molecule has 0 fully saturated rings. The Kier molecular flexibility index (Phi) is 7.87. The minimum Gasteiger partial charge on any atom is -0.490 e. The molecule has 1 aliphatic rings. The first-order valence-corrected chi connectivity index (χ1v) is 12.4. The summed E-state index contributed by atoms with van der Waals surface area (Å²) < 4.78 is 12.7. The summed E-state index contributed by atoms with van der Waals surface area (Å²) in [6.45, 7) is 4.41. The highest BCUT2D eigenvalue weighted by Gasteiger charge is 2.33. The van der Waals surface area contributed by atoms with Gasteiger partial charge in [0, 0.05) is 10.6 Å². The van der Waals surface area contributed by atoms with Crippen LogP contribution in [-0.2, 0) is 11.4 Å². The first kappa shape index (κ1) is 24.9. The molecule has 0 bridgehead atoms. The molecule has 0 atom stereocenters. The summed E-state index contributed by atoms with van der Waals surface area (Å²) in [4.78, 5) is 25.8. The zero-order chi connectivity index (χ0) is 24.9. The third-order valence-electron chi connectivity index (χ3n) is 5.21. The van der Waals surface area contributed by atoms with Crippen molar-refractivity contribution in [2.24, 2.45) is 5.10 Å². The van der Waals surface area contributed by atoms with Gasteiger partial charge in [-0.1, -0.05) is 41.9 Å². The van der Waals surface area contributed by atoms with E-state index in [0.29, 0.717) is 46.6 Å². The van der Waals surface area contributed by atoms with Crippen LogP contribution in [0.25, 0.3) is 6.08 Å². The van der Waals surface area contributed by atoms with Crippen LogP contribution >= 0.6 is 34.2 Å². The van der Waals surface area contributed by atoms with Crippen molar-refractivity contribution in [2.75, 3.05) is 6.61 Å². The standard InChI is InChI=1S/C27H22ClIN2O4/c1-3-34-24-15-19(14-23(29)25(24)35-16-18-9-11-21(28)12-10-18)13-22-17(2)30-31(27(22)33)26(32)20-7-5-4-6-8-20/h4-15H,3,16H2,1-2H3/b22-13+. The molecule has 2 amide bonds. The Morgan fingerprint density at radius 3 is 2.49 bits per heavy atom. The largest absolute Gasteiger partial charge is 0.490 e. The van der Waals surface area contributed by atoms with Crippen LogP contribution in [0.4, 0.5) is 0 Å². The highest BCUT2D eigenvalue weighted by Crippen LogP contribution is 2.36. The molecule has 0 radical (unpaired) electrons. The van der Waals surface area contributed by atoms with E-state index in [1.807, 2.05) is 49.4 Å². The number of benzene rings is 3. The molecule has 3 aromatic rings. The van der Waals surface area contributed by atoms with Crippen molar-refractivity contribution in [1.29, 1.82) is 0 Å². The van der Waals surface area contributed by atoms with Gasteiger partial charge >= 0.3 is 0 Å². The topological polar surface area (TPSA) is 68.2 Å². The van der Waals surface area contributed by atoms with E-state index < -0.39 is 11.8 Å². The molecule has 8 heteroatoms. The van der Waals surface area contributed by atoms with Gasteiger partial charge in [0.1, 0.15) is 6.61 Å². The van der Waals surface area contributed by atoms with Gasteiger partial charge in [-0.3, -0.25) is 9.59 Å². The number of hydrogen-bond donors (Lipinski definition) is 0. The number of hydrazone groups is 1. The number of ether oxygens (including phenoxy) is 2. The van der Waals surface area contributed by atoms with Crippen LogP contribution in [0, 0.1) is 3.57 Å². The molecule has 3 aromatic carbocycles. The summed E-state index contributed by atoms with van der Waals surface area (Å²) in [5.74, 6) is 0.257. The fourth-order valence-corrected chi connectivity index (χ4v) is 4.41. The van der Waals surface area contributed by atoms with Crippen LogP contribution in [0.15, 0.2) is 77.4 Å². The van der Waals surface area contributed by atoms with E-state index in [4.69, 9.17) is 21.1 Å². The maximum absolute atomic E-state index is 13.0. The number of rotatable bonds is 7. The summed E-state index contributed by atoms with van der Waals surface area (Å²) in [6, 6.07) is 19.8. The zero-order valence-corrected chi connectivity index (χ0v) is 22.0. The average Bonchev–Trinajstić information content (AvgIpc) is 3.13. The van der Waals surface area contributed by atoms with Crippen LogP contribution in [0.5, 0.6) is 11.5 Å². The second-order valence-electron chi connectivity index (χ2n) is 7.71. The predicted octanol–water partition coefficient (Wildman–Crippen LogP) is 6.36. The Balaban J connectivity index is 1.59. The summed E-state index contributed by atoms with van der Waals surface area (Å²) >= 11 is 8.15. The van der Waals surface area contributed by atoms with E-state index in [1.54, 1.807) is 37.3 Å². The highest BCUT2D eigenvalue weighted by atomic mass is 127. The van der Waals surface area contributed by atoms with Crippen molar-refractivity contribution in [3.63, 3.8) is 0 Å². The summed E-state index contributed by atoms with van der Waals surface area (Å²) in [5.41, 5.74) is 2.93. The maximum Gasteiger partial charge on any atom is 0.283 e. The summed E-state index contributed by atoms with van der Waals surface area (Å²) in [7, 11) is 0. The normalized spacial score (nSPS) is 14.3. The number of imide groups is 1. The Hall–Kier alpha value is -3.17. The van der Waals surface area contributed by atoms with Crippen LogP contribution in [0.1, 0.15) is 35.3 Å².